The van der Waals surface area contributed by atoms with Crippen molar-refractivity contribution in [1.29, 1.82) is 0 Å². The second-order valence-electron chi connectivity index (χ2n) is 9.02. The van der Waals surface area contributed by atoms with Crippen molar-refractivity contribution in [2.45, 2.75) is 18.7 Å². The zero-order valence-electron chi connectivity index (χ0n) is 22.0. The van der Waals surface area contributed by atoms with Gasteiger partial charge in [-0.2, -0.15) is 0 Å². The van der Waals surface area contributed by atoms with Crippen LogP contribution in [0.4, 0.5) is 11.4 Å². The van der Waals surface area contributed by atoms with Gasteiger partial charge in [-0.1, -0.05) is 70.5 Å². The van der Waals surface area contributed by atoms with Gasteiger partial charge in [0.2, 0.25) is 5.91 Å². The van der Waals surface area contributed by atoms with Crippen molar-refractivity contribution in [2.75, 3.05) is 16.4 Å². The molecule has 0 aliphatic rings. The highest BCUT2D eigenvalue weighted by molar-refractivity contribution is 9.10. The molecule has 8 heteroatoms. The summed E-state index contributed by atoms with van der Waals surface area (Å²) in [6.07, 6.45) is 1.62. The van der Waals surface area contributed by atoms with Gasteiger partial charge >= 0.3 is 0 Å². The molecular formula is C32H28BrN3O3S. The van der Waals surface area contributed by atoms with Crippen molar-refractivity contribution in [2.24, 2.45) is 0 Å². The largest absolute Gasteiger partial charge is 0.325 e. The zero-order valence-corrected chi connectivity index (χ0v) is 24.4. The van der Waals surface area contributed by atoms with Gasteiger partial charge in [0.05, 0.1) is 5.75 Å². The summed E-state index contributed by atoms with van der Waals surface area (Å²) in [5, 5.41) is 8.60. The molecule has 0 saturated heterocycles. The van der Waals surface area contributed by atoms with Crippen molar-refractivity contribution in [1.82, 2.24) is 5.32 Å². The molecule has 40 heavy (non-hydrogen) atoms. The molecule has 0 spiro atoms. The lowest BCUT2D eigenvalue weighted by molar-refractivity contribution is -0.114. The summed E-state index contributed by atoms with van der Waals surface area (Å²) in [7, 11) is 0. The normalized spacial score (nSPS) is 11.0. The smallest absolute Gasteiger partial charge is 0.272 e. The lowest BCUT2D eigenvalue weighted by atomic mass is 10.1. The van der Waals surface area contributed by atoms with Crippen molar-refractivity contribution in [3.63, 3.8) is 0 Å². The topological polar surface area (TPSA) is 87.3 Å². The molecule has 4 rings (SSSR count). The Kier molecular flexibility index (Phi) is 9.94. The van der Waals surface area contributed by atoms with E-state index in [0.29, 0.717) is 11.3 Å². The molecule has 0 bridgehead atoms. The molecule has 0 aliphatic heterocycles. The number of rotatable bonds is 9. The summed E-state index contributed by atoms with van der Waals surface area (Å²) in [5.41, 5.74) is 4.68. The molecule has 3 amide bonds. The van der Waals surface area contributed by atoms with Gasteiger partial charge in [-0.25, -0.2) is 0 Å². The van der Waals surface area contributed by atoms with Gasteiger partial charge in [0.1, 0.15) is 5.70 Å². The molecule has 4 aromatic rings. The number of thioether (sulfide) groups is 1. The Bertz CT molecular complexity index is 1530. The number of nitrogens with one attached hydrogen (secondary N) is 3. The minimum Gasteiger partial charge on any atom is -0.325 e. The maximum atomic E-state index is 13.3. The number of benzene rings is 4. The Labute approximate surface area is 246 Å². The Morgan fingerprint density at radius 2 is 1.48 bits per heavy atom. The fourth-order valence-corrected chi connectivity index (χ4v) is 4.89. The average molecular weight is 615 g/mol. The maximum Gasteiger partial charge on any atom is 0.272 e. The molecule has 6 nitrogen and oxygen atoms in total. The van der Waals surface area contributed by atoms with E-state index in [9.17, 15) is 14.4 Å². The average Bonchev–Trinajstić information content (AvgIpc) is 2.95. The molecule has 0 atom stereocenters. The van der Waals surface area contributed by atoms with Crippen LogP contribution >= 0.6 is 27.7 Å². The van der Waals surface area contributed by atoms with Gasteiger partial charge in [-0.3, -0.25) is 14.4 Å². The molecule has 0 saturated carbocycles. The van der Waals surface area contributed by atoms with Crippen LogP contribution in [0.2, 0.25) is 0 Å². The SMILES string of the molecule is Cc1cccc(C)c1NC(=O)CSc1cccc(NC(=O)/C(=C\c2ccc(Br)cc2)NC(=O)c2ccccc2)c1. The van der Waals surface area contributed by atoms with Crippen LogP contribution in [0.25, 0.3) is 6.08 Å². The molecule has 0 aromatic heterocycles. The number of carbonyl (C=O) groups excluding carboxylic acids is 3. The summed E-state index contributed by atoms with van der Waals surface area (Å²) in [6.45, 7) is 3.92. The van der Waals surface area contributed by atoms with Gasteiger partial charge in [-0.05, 0) is 79.1 Å². The van der Waals surface area contributed by atoms with Crippen LogP contribution in [0.3, 0.4) is 0 Å². The first-order valence-electron chi connectivity index (χ1n) is 12.5. The van der Waals surface area contributed by atoms with Crippen LogP contribution in [0.5, 0.6) is 0 Å². The number of para-hydroxylation sites is 1. The predicted molar refractivity (Wildman–Crippen MR) is 166 cm³/mol. The highest BCUT2D eigenvalue weighted by atomic mass is 79.9. The fourth-order valence-electron chi connectivity index (χ4n) is 3.87. The van der Waals surface area contributed by atoms with Gasteiger partial charge < -0.3 is 16.0 Å². The van der Waals surface area contributed by atoms with Crippen LogP contribution < -0.4 is 16.0 Å². The van der Waals surface area contributed by atoms with Crippen molar-refractivity contribution in [3.05, 3.63) is 129 Å². The first-order chi connectivity index (χ1) is 19.3. The lowest BCUT2D eigenvalue weighted by Gasteiger charge is -2.13. The molecule has 202 valence electrons. The first-order valence-corrected chi connectivity index (χ1v) is 14.3. The lowest BCUT2D eigenvalue weighted by Crippen LogP contribution is -2.30. The number of carbonyl (C=O) groups is 3. The van der Waals surface area contributed by atoms with E-state index in [0.717, 1.165) is 31.7 Å². The predicted octanol–water partition coefficient (Wildman–Crippen LogP) is 7.21. The second kappa shape index (κ2) is 13.8. The third kappa shape index (κ3) is 8.18. The van der Waals surface area contributed by atoms with Gasteiger partial charge in [0.15, 0.2) is 0 Å². The first kappa shape index (κ1) is 28.9. The number of hydrogen-bond acceptors (Lipinski definition) is 4. The van der Waals surface area contributed by atoms with Crippen LogP contribution in [0.1, 0.15) is 27.0 Å². The number of anilines is 2. The standard InChI is InChI=1S/C32H28BrN3O3S/c1-21-8-6-9-22(2)30(21)36-29(37)20-40-27-13-7-12-26(19-27)34-32(39)28(18-23-14-16-25(33)17-15-23)35-31(38)24-10-4-3-5-11-24/h3-19H,20H2,1-2H3,(H,34,39)(H,35,38)(H,36,37)/b28-18+. The van der Waals surface area contributed by atoms with Gasteiger partial charge in [-0.15, -0.1) is 11.8 Å². The molecule has 0 radical (unpaired) electrons. The fraction of sp³-hybridized carbons (Fsp3) is 0.0938. The number of halogens is 1. The number of amides is 3. The minimum atomic E-state index is -0.470. The minimum absolute atomic E-state index is 0.0993. The molecule has 0 heterocycles. The number of aryl methyl sites for hydroxylation is 2. The van der Waals surface area contributed by atoms with E-state index in [1.807, 2.05) is 74.5 Å². The third-order valence-electron chi connectivity index (χ3n) is 5.92. The Morgan fingerprint density at radius 1 is 0.800 bits per heavy atom. The van der Waals surface area contributed by atoms with Crippen molar-refractivity contribution >= 4 is 62.9 Å². The molecule has 0 unspecified atom stereocenters. The molecule has 0 fully saturated rings. The van der Waals surface area contributed by atoms with E-state index in [1.165, 1.54) is 11.8 Å². The quantitative estimate of drug-likeness (QED) is 0.137. The summed E-state index contributed by atoms with van der Waals surface area (Å²) < 4.78 is 0.904. The Balaban J connectivity index is 1.45. The highest BCUT2D eigenvalue weighted by Gasteiger charge is 2.16. The second-order valence-corrected chi connectivity index (χ2v) is 11.0. The molecule has 4 aromatic carbocycles. The Morgan fingerprint density at radius 3 is 2.17 bits per heavy atom. The Hall–Kier alpha value is -4.14. The van der Waals surface area contributed by atoms with E-state index in [2.05, 4.69) is 31.9 Å². The summed E-state index contributed by atoms with van der Waals surface area (Å²) >= 11 is 4.78. The zero-order chi connectivity index (χ0) is 28.5. The molecule has 0 aliphatic carbocycles. The van der Waals surface area contributed by atoms with E-state index >= 15 is 0 Å². The molecular weight excluding hydrogens is 586 g/mol. The maximum absolute atomic E-state index is 13.3. The summed E-state index contributed by atoms with van der Waals surface area (Å²) in [5.74, 6) is -0.756. The van der Waals surface area contributed by atoms with Gasteiger partial charge in [0, 0.05) is 26.3 Å². The van der Waals surface area contributed by atoms with Crippen LogP contribution in [-0.2, 0) is 9.59 Å². The monoisotopic (exact) mass is 613 g/mol. The molecule has 3 N–H and O–H groups in total. The van der Waals surface area contributed by atoms with E-state index in [4.69, 9.17) is 0 Å². The van der Waals surface area contributed by atoms with Crippen LogP contribution in [-0.4, -0.2) is 23.5 Å². The van der Waals surface area contributed by atoms with Crippen LogP contribution in [0.15, 0.2) is 112 Å². The van der Waals surface area contributed by atoms with Crippen molar-refractivity contribution < 1.29 is 14.4 Å². The van der Waals surface area contributed by atoms with E-state index in [1.54, 1.807) is 42.5 Å². The third-order valence-corrected chi connectivity index (χ3v) is 7.44. The number of hydrogen-bond donors (Lipinski definition) is 3. The van der Waals surface area contributed by atoms with E-state index in [-0.39, 0.29) is 17.4 Å². The summed E-state index contributed by atoms with van der Waals surface area (Å²) in [6, 6.07) is 29.2. The van der Waals surface area contributed by atoms with Gasteiger partial charge in [0.25, 0.3) is 11.8 Å². The summed E-state index contributed by atoms with van der Waals surface area (Å²) in [4.78, 5) is 39.6. The van der Waals surface area contributed by atoms with Crippen LogP contribution in [0, 0.1) is 13.8 Å². The van der Waals surface area contributed by atoms with Crippen molar-refractivity contribution in [3.8, 4) is 0 Å². The van der Waals surface area contributed by atoms with E-state index < -0.39 is 11.8 Å². The highest BCUT2D eigenvalue weighted by Crippen LogP contribution is 2.24.